The number of hydrogen-bond acceptors (Lipinski definition) is 4. The Bertz CT molecular complexity index is 664. The van der Waals surface area contributed by atoms with Crippen LogP contribution < -0.4 is 5.32 Å². The minimum Gasteiger partial charge on any atom is -0.506 e. The zero-order valence-electron chi connectivity index (χ0n) is 10.1. The maximum Gasteiger partial charge on any atom is 0.292 e. The van der Waals surface area contributed by atoms with Crippen LogP contribution in [0.2, 0.25) is 5.02 Å². The van der Waals surface area contributed by atoms with Crippen LogP contribution in [0.1, 0.15) is 5.56 Å². The number of halogens is 2. The molecule has 0 aliphatic rings. The largest absolute Gasteiger partial charge is 0.506 e. The molecular weight excluding hydrogens is 287 g/mol. The predicted octanol–water partition coefficient (Wildman–Crippen LogP) is 3.71. The van der Waals surface area contributed by atoms with Crippen molar-refractivity contribution >= 4 is 23.0 Å². The van der Waals surface area contributed by atoms with E-state index in [1.807, 2.05) is 0 Å². The van der Waals surface area contributed by atoms with E-state index >= 15 is 0 Å². The van der Waals surface area contributed by atoms with Crippen molar-refractivity contribution in [2.45, 2.75) is 6.54 Å². The first-order valence-electron chi connectivity index (χ1n) is 5.62. The molecule has 0 radical (unpaired) electrons. The van der Waals surface area contributed by atoms with Crippen molar-refractivity contribution in [3.05, 3.63) is 62.9 Å². The molecule has 0 aromatic heterocycles. The number of nitrogens with one attached hydrogen (secondary N) is 1. The molecule has 0 amide bonds. The number of benzene rings is 2. The van der Waals surface area contributed by atoms with Gasteiger partial charge in [0.05, 0.1) is 9.95 Å². The van der Waals surface area contributed by atoms with Gasteiger partial charge in [0.1, 0.15) is 17.3 Å². The van der Waals surface area contributed by atoms with Gasteiger partial charge in [-0.25, -0.2) is 4.39 Å². The molecule has 0 aliphatic heterocycles. The highest BCUT2D eigenvalue weighted by Gasteiger charge is 2.14. The highest BCUT2D eigenvalue weighted by Crippen LogP contribution is 2.27. The number of anilines is 1. The molecule has 7 heteroatoms. The van der Waals surface area contributed by atoms with Crippen molar-refractivity contribution in [2.75, 3.05) is 5.32 Å². The van der Waals surface area contributed by atoms with Gasteiger partial charge in [-0.2, -0.15) is 0 Å². The summed E-state index contributed by atoms with van der Waals surface area (Å²) >= 11 is 5.76. The van der Waals surface area contributed by atoms with Crippen LogP contribution in [0.25, 0.3) is 0 Å². The number of aromatic hydroxyl groups is 1. The van der Waals surface area contributed by atoms with Gasteiger partial charge >= 0.3 is 0 Å². The van der Waals surface area contributed by atoms with Crippen molar-refractivity contribution in [2.24, 2.45) is 0 Å². The summed E-state index contributed by atoms with van der Waals surface area (Å²) in [6.45, 7) is 0.213. The zero-order valence-corrected chi connectivity index (χ0v) is 10.9. The maximum absolute atomic E-state index is 13.1. The van der Waals surface area contributed by atoms with E-state index in [1.165, 1.54) is 12.1 Å². The highest BCUT2D eigenvalue weighted by molar-refractivity contribution is 6.32. The Morgan fingerprint density at radius 3 is 2.70 bits per heavy atom. The molecule has 0 fully saturated rings. The first kappa shape index (κ1) is 14.1. The normalized spacial score (nSPS) is 10.3. The van der Waals surface area contributed by atoms with Crippen molar-refractivity contribution in [1.29, 1.82) is 0 Å². The van der Waals surface area contributed by atoms with Crippen molar-refractivity contribution in [3.8, 4) is 5.75 Å². The number of phenolic OH excluding ortho intramolecular Hbond substituents is 1. The molecule has 0 atom stereocenters. The minimum atomic E-state index is -0.592. The van der Waals surface area contributed by atoms with E-state index in [9.17, 15) is 19.6 Å². The Morgan fingerprint density at radius 2 is 2.05 bits per heavy atom. The topological polar surface area (TPSA) is 75.4 Å². The van der Waals surface area contributed by atoms with Crippen molar-refractivity contribution in [3.63, 3.8) is 0 Å². The molecule has 0 saturated heterocycles. The van der Waals surface area contributed by atoms with Crippen LogP contribution in [-0.4, -0.2) is 10.0 Å². The van der Waals surface area contributed by atoms with E-state index in [4.69, 9.17) is 11.6 Å². The molecule has 20 heavy (non-hydrogen) atoms. The molecule has 0 spiro atoms. The second-order valence-electron chi connectivity index (χ2n) is 4.06. The third kappa shape index (κ3) is 3.16. The van der Waals surface area contributed by atoms with Gasteiger partial charge in [0.25, 0.3) is 5.69 Å². The van der Waals surface area contributed by atoms with Crippen LogP contribution in [0.5, 0.6) is 5.75 Å². The number of phenols is 1. The van der Waals surface area contributed by atoms with E-state index in [1.54, 1.807) is 6.07 Å². The van der Waals surface area contributed by atoms with Crippen LogP contribution in [0.15, 0.2) is 36.4 Å². The predicted molar refractivity (Wildman–Crippen MR) is 73.5 cm³/mol. The second kappa shape index (κ2) is 5.75. The third-order valence-electron chi connectivity index (χ3n) is 2.65. The van der Waals surface area contributed by atoms with Crippen molar-refractivity contribution in [1.82, 2.24) is 0 Å². The number of nitrogens with zero attached hydrogens (tertiary/aromatic N) is 1. The first-order chi connectivity index (χ1) is 9.47. The second-order valence-corrected chi connectivity index (χ2v) is 4.47. The lowest BCUT2D eigenvalue weighted by molar-refractivity contribution is -0.384. The highest BCUT2D eigenvalue weighted by atomic mass is 35.5. The van der Waals surface area contributed by atoms with Gasteiger partial charge in [0, 0.05) is 18.7 Å². The van der Waals surface area contributed by atoms with Crippen LogP contribution in [0.4, 0.5) is 15.8 Å². The Kier molecular flexibility index (Phi) is 4.05. The minimum absolute atomic E-state index is 0.0489. The molecule has 0 aliphatic carbocycles. The molecule has 0 heterocycles. The maximum atomic E-state index is 13.1. The average Bonchev–Trinajstić information content (AvgIpc) is 2.40. The summed E-state index contributed by atoms with van der Waals surface area (Å²) in [6, 6.07) is 7.73. The van der Waals surface area contributed by atoms with E-state index < -0.39 is 10.7 Å². The summed E-state index contributed by atoms with van der Waals surface area (Å²) in [7, 11) is 0. The van der Waals surface area contributed by atoms with E-state index in [-0.39, 0.29) is 28.7 Å². The summed E-state index contributed by atoms with van der Waals surface area (Å²) in [5, 5.41) is 23.1. The van der Waals surface area contributed by atoms with Gasteiger partial charge in [-0.05, 0) is 23.8 Å². The SMILES string of the molecule is O=[N+]([O-])c1ccc(F)cc1NCc1ccc(O)c(Cl)c1. The summed E-state index contributed by atoms with van der Waals surface area (Å²) in [6.07, 6.45) is 0. The Labute approximate surface area is 118 Å². The fourth-order valence-electron chi connectivity index (χ4n) is 1.67. The average molecular weight is 297 g/mol. The smallest absolute Gasteiger partial charge is 0.292 e. The van der Waals surface area contributed by atoms with Gasteiger partial charge < -0.3 is 10.4 Å². The Morgan fingerprint density at radius 1 is 1.30 bits per heavy atom. The number of rotatable bonds is 4. The molecule has 0 bridgehead atoms. The van der Waals surface area contributed by atoms with Crippen molar-refractivity contribution < 1.29 is 14.4 Å². The fraction of sp³-hybridized carbons (Fsp3) is 0.0769. The molecule has 2 aromatic rings. The summed E-state index contributed by atoms with van der Waals surface area (Å²) in [5.41, 5.74) is 0.571. The Balaban J connectivity index is 2.20. The number of nitro benzene ring substituents is 1. The summed E-state index contributed by atoms with van der Waals surface area (Å²) in [4.78, 5) is 10.2. The van der Waals surface area contributed by atoms with Gasteiger partial charge in [-0.1, -0.05) is 17.7 Å². The zero-order chi connectivity index (χ0) is 14.7. The lowest BCUT2D eigenvalue weighted by atomic mass is 10.2. The molecule has 0 unspecified atom stereocenters. The standard InChI is InChI=1S/C13H10ClFN2O3/c14-10-5-8(1-4-13(10)18)7-16-11-6-9(15)2-3-12(11)17(19)20/h1-6,16,18H,7H2. The molecule has 5 nitrogen and oxygen atoms in total. The van der Waals surface area contributed by atoms with E-state index in [0.29, 0.717) is 5.56 Å². The number of hydrogen-bond donors (Lipinski definition) is 2. The Hall–Kier alpha value is -2.34. The van der Waals surface area contributed by atoms with E-state index in [2.05, 4.69) is 5.32 Å². The van der Waals surface area contributed by atoms with Crippen LogP contribution in [0, 0.1) is 15.9 Å². The quantitative estimate of drug-likeness (QED) is 0.666. The lowest BCUT2D eigenvalue weighted by Gasteiger charge is -2.08. The molecule has 104 valence electrons. The summed E-state index contributed by atoms with van der Waals surface area (Å²) in [5.74, 6) is -0.617. The lowest BCUT2D eigenvalue weighted by Crippen LogP contribution is -2.03. The van der Waals surface area contributed by atoms with Crippen LogP contribution in [0.3, 0.4) is 0 Å². The van der Waals surface area contributed by atoms with Gasteiger partial charge in [0.15, 0.2) is 0 Å². The molecule has 2 aromatic carbocycles. The third-order valence-corrected chi connectivity index (χ3v) is 2.95. The molecule has 2 N–H and O–H groups in total. The monoisotopic (exact) mass is 296 g/mol. The summed E-state index contributed by atoms with van der Waals surface area (Å²) < 4.78 is 13.1. The first-order valence-corrected chi connectivity index (χ1v) is 6.00. The van der Waals surface area contributed by atoms with Gasteiger partial charge in [0.2, 0.25) is 0 Å². The molecule has 2 rings (SSSR count). The fourth-order valence-corrected chi connectivity index (χ4v) is 1.87. The molecular formula is C13H10ClFN2O3. The van der Waals surface area contributed by atoms with Crippen LogP contribution >= 0.6 is 11.6 Å². The molecule has 0 saturated carbocycles. The number of nitro groups is 1. The van der Waals surface area contributed by atoms with Gasteiger partial charge in [-0.3, -0.25) is 10.1 Å². The van der Waals surface area contributed by atoms with E-state index in [0.717, 1.165) is 18.2 Å². The van der Waals surface area contributed by atoms with Crippen LogP contribution in [-0.2, 0) is 6.54 Å². The van der Waals surface area contributed by atoms with Gasteiger partial charge in [-0.15, -0.1) is 0 Å².